The molecule has 33 heavy (non-hydrogen) atoms. The average Bonchev–Trinajstić information content (AvgIpc) is 3.38. The summed E-state index contributed by atoms with van der Waals surface area (Å²) in [6, 6.07) is 10.2. The molecule has 3 aliphatic heterocycles. The number of nitrogens with zero attached hydrogens (tertiary/aromatic N) is 1. The van der Waals surface area contributed by atoms with E-state index in [0.717, 1.165) is 16.7 Å². The van der Waals surface area contributed by atoms with E-state index in [1.165, 1.54) is 4.90 Å². The number of likely N-dealkylation sites (tertiary alicyclic amines) is 1. The van der Waals surface area contributed by atoms with Gasteiger partial charge in [0.1, 0.15) is 11.3 Å². The molecule has 2 aromatic carbocycles. The third-order valence-corrected chi connectivity index (χ3v) is 7.47. The van der Waals surface area contributed by atoms with Crippen LogP contribution in [0.25, 0.3) is 0 Å². The van der Waals surface area contributed by atoms with Crippen LogP contribution in [-0.2, 0) is 26.5 Å². The molecule has 172 valence electrons. The Kier molecular flexibility index (Phi) is 4.84. The molecule has 3 aliphatic rings. The number of benzene rings is 2. The highest BCUT2D eigenvalue weighted by molar-refractivity contribution is 6.15. The number of aliphatic hydroxyl groups is 1. The largest absolute Gasteiger partial charge is 0.497 e. The summed E-state index contributed by atoms with van der Waals surface area (Å²) in [5.74, 6) is -2.24. The van der Waals surface area contributed by atoms with Gasteiger partial charge in [-0.25, -0.2) is 0 Å². The molecule has 0 bridgehead atoms. The number of methoxy groups -OCH3 is 1. The minimum Gasteiger partial charge on any atom is -0.497 e. The van der Waals surface area contributed by atoms with Crippen molar-refractivity contribution < 1.29 is 24.2 Å². The van der Waals surface area contributed by atoms with Crippen molar-refractivity contribution in [3.63, 3.8) is 0 Å². The summed E-state index contributed by atoms with van der Waals surface area (Å²) in [5, 5.41) is 16.7. The fourth-order valence-corrected chi connectivity index (χ4v) is 5.59. The number of nitrogens with one attached hydrogen (secondary N) is 2. The maximum Gasteiger partial charge on any atom is 0.250 e. The molecule has 2 fully saturated rings. The van der Waals surface area contributed by atoms with Gasteiger partial charge in [-0.15, -0.1) is 0 Å². The molecule has 0 unspecified atom stereocenters. The van der Waals surface area contributed by atoms with E-state index in [2.05, 4.69) is 10.6 Å². The van der Waals surface area contributed by atoms with E-state index in [4.69, 9.17) is 4.74 Å². The highest BCUT2D eigenvalue weighted by Gasteiger charge is 2.71. The highest BCUT2D eigenvalue weighted by atomic mass is 16.5. The number of fused-ring (bicyclic) bond motifs is 4. The predicted octanol–water partition coefficient (Wildman–Crippen LogP) is 1.61. The van der Waals surface area contributed by atoms with Gasteiger partial charge in [0.15, 0.2) is 0 Å². The number of carbonyl (C=O) groups excluding carboxylic acids is 3. The van der Waals surface area contributed by atoms with E-state index in [1.807, 2.05) is 26.0 Å². The summed E-state index contributed by atoms with van der Waals surface area (Å²) in [5.41, 5.74) is 2.64. The zero-order valence-electron chi connectivity index (χ0n) is 19.0. The Morgan fingerprint density at radius 3 is 2.42 bits per heavy atom. The molecule has 2 saturated heterocycles. The second kappa shape index (κ2) is 7.40. The first-order chi connectivity index (χ1) is 15.7. The quantitative estimate of drug-likeness (QED) is 0.612. The third-order valence-electron chi connectivity index (χ3n) is 7.47. The summed E-state index contributed by atoms with van der Waals surface area (Å²) < 4.78 is 5.18. The monoisotopic (exact) mass is 449 g/mol. The van der Waals surface area contributed by atoms with Crippen molar-refractivity contribution in [2.45, 2.75) is 45.0 Å². The molecular weight excluding hydrogens is 422 g/mol. The van der Waals surface area contributed by atoms with Crippen molar-refractivity contribution in [2.24, 2.45) is 11.8 Å². The molecule has 5 atom stereocenters. The number of hydrogen-bond donors (Lipinski definition) is 3. The van der Waals surface area contributed by atoms with Crippen LogP contribution >= 0.6 is 0 Å². The molecule has 0 aromatic heterocycles. The zero-order chi connectivity index (χ0) is 23.7. The van der Waals surface area contributed by atoms with Crippen LogP contribution < -0.4 is 15.4 Å². The Bertz CT molecular complexity index is 1180. The van der Waals surface area contributed by atoms with Gasteiger partial charge in [0.2, 0.25) is 17.7 Å². The summed E-state index contributed by atoms with van der Waals surface area (Å²) >= 11 is 0. The van der Waals surface area contributed by atoms with Crippen LogP contribution in [0.2, 0.25) is 0 Å². The first kappa shape index (κ1) is 21.6. The van der Waals surface area contributed by atoms with E-state index in [-0.39, 0.29) is 18.4 Å². The molecule has 1 spiro atoms. The molecule has 0 aliphatic carbocycles. The van der Waals surface area contributed by atoms with Gasteiger partial charge in [0, 0.05) is 17.3 Å². The van der Waals surface area contributed by atoms with E-state index in [9.17, 15) is 19.5 Å². The second-order valence-corrected chi connectivity index (χ2v) is 9.22. The van der Waals surface area contributed by atoms with Crippen LogP contribution in [0.5, 0.6) is 5.75 Å². The molecule has 5 rings (SSSR count). The lowest BCUT2D eigenvalue weighted by Crippen LogP contribution is -2.54. The van der Waals surface area contributed by atoms with Gasteiger partial charge in [-0.05, 0) is 49.6 Å². The smallest absolute Gasteiger partial charge is 0.250 e. The number of imide groups is 1. The van der Waals surface area contributed by atoms with Crippen LogP contribution in [-0.4, -0.2) is 47.0 Å². The van der Waals surface area contributed by atoms with Crippen molar-refractivity contribution in [2.75, 3.05) is 12.4 Å². The summed E-state index contributed by atoms with van der Waals surface area (Å²) in [6.45, 7) is 5.55. The molecule has 2 aromatic rings. The van der Waals surface area contributed by atoms with Gasteiger partial charge in [0.25, 0.3) is 0 Å². The topological polar surface area (TPSA) is 108 Å². The standard InChI is InChI=1S/C25H27N3O5/c1-12-5-10-17-20(13(12)2)26-24(32)25(17)19-18(21(27-25)14(3)29)22(30)28(23(19)31)11-15-6-8-16(33-4)9-7-15/h5-10,14,18-19,21,27,29H,11H2,1-4H3,(H,26,32)/t14-,18-,19-,21+,25+/m0/s1. The molecule has 0 saturated carbocycles. The minimum absolute atomic E-state index is 0.0959. The fourth-order valence-electron chi connectivity index (χ4n) is 5.59. The third kappa shape index (κ3) is 2.87. The number of aryl methyl sites for hydroxylation is 1. The lowest BCUT2D eigenvalue weighted by molar-refractivity contribution is -0.143. The number of hydrogen-bond acceptors (Lipinski definition) is 6. The van der Waals surface area contributed by atoms with Gasteiger partial charge in [-0.1, -0.05) is 24.3 Å². The molecule has 8 nitrogen and oxygen atoms in total. The Labute approximate surface area is 191 Å². The second-order valence-electron chi connectivity index (χ2n) is 9.22. The van der Waals surface area contributed by atoms with Gasteiger partial charge in [-0.3, -0.25) is 24.6 Å². The maximum absolute atomic E-state index is 13.7. The number of rotatable bonds is 4. The molecule has 3 amide bonds. The van der Waals surface area contributed by atoms with Crippen molar-refractivity contribution in [1.82, 2.24) is 10.2 Å². The Balaban J connectivity index is 1.59. The Morgan fingerprint density at radius 2 is 1.79 bits per heavy atom. The van der Waals surface area contributed by atoms with Crippen LogP contribution in [0.4, 0.5) is 5.69 Å². The van der Waals surface area contributed by atoms with Gasteiger partial charge < -0.3 is 15.2 Å². The number of aliphatic hydroxyl groups excluding tert-OH is 1. The Hall–Kier alpha value is -3.23. The van der Waals surface area contributed by atoms with Crippen molar-refractivity contribution in [3.05, 3.63) is 58.7 Å². The van der Waals surface area contributed by atoms with Gasteiger partial charge in [-0.2, -0.15) is 0 Å². The molecule has 3 N–H and O–H groups in total. The van der Waals surface area contributed by atoms with E-state index in [0.29, 0.717) is 17.0 Å². The van der Waals surface area contributed by atoms with Crippen LogP contribution in [0.1, 0.15) is 29.2 Å². The van der Waals surface area contributed by atoms with Crippen molar-refractivity contribution in [3.8, 4) is 5.75 Å². The first-order valence-electron chi connectivity index (χ1n) is 11.1. The van der Waals surface area contributed by atoms with Crippen LogP contribution in [0.3, 0.4) is 0 Å². The molecular formula is C25H27N3O5. The normalized spacial score (nSPS) is 28.8. The first-order valence-corrected chi connectivity index (χ1v) is 11.1. The average molecular weight is 450 g/mol. The van der Waals surface area contributed by atoms with Crippen LogP contribution in [0, 0.1) is 25.7 Å². The molecule has 0 radical (unpaired) electrons. The number of carbonyl (C=O) groups is 3. The Morgan fingerprint density at radius 1 is 1.09 bits per heavy atom. The van der Waals surface area contributed by atoms with Crippen molar-refractivity contribution >= 4 is 23.4 Å². The number of anilines is 1. The zero-order valence-corrected chi connectivity index (χ0v) is 19.0. The summed E-state index contributed by atoms with van der Waals surface area (Å²) in [6.07, 6.45) is -0.932. The van der Waals surface area contributed by atoms with E-state index >= 15 is 0 Å². The molecule has 3 heterocycles. The lowest BCUT2D eigenvalue weighted by atomic mass is 9.76. The molecule has 8 heteroatoms. The number of amides is 3. The SMILES string of the molecule is COc1ccc(CN2C(=O)[C@@H]3[C@@H]([C@H](C)O)N[C@@]4(C(=O)Nc5c4ccc(C)c5C)[C@@H]3C2=O)cc1. The number of ether oxygens (including phenoxy) is 1. The van der Waals surface area contributed by atoms with Gasteiger partial charge in [0.05, 0.1) is 31.6 Å². The predicted molar refractivity (Wildman–Crippen MR) is 120 cm³/mol. The summed E-state index contributed by atoms with van der Waals surface area (Å²) in [4.78, 5) is 41.9. The summed E-state index contributed by atoms with van der Waals surface area (Å²) in [7, 11) is 1.57. The van der Waals surface area contributed by atoms with E-state index < -0.39 is 35.4 Å². The maximum atomic E-state index is 13.7. The van der Waals surface area contributed by atoms with Crippen molar-refractivity contribution in [1.29, 1.82) is 0 Å². The van der Waals surface area contributed by atoms with E-state index in [1.54, 1.807) is 38.3 Å². The van der Waals surface area contributed by atoms with Crippen LogP contribution in [0.15, 0.2) is 36.4 Å². The van der Waals surface area contributed by atoms with Gasteiger partial charge >= 0.3 is 0 Å². The fraction of sp³-hybridized carbons (Fsp3) is 0.400. The highest BCUT2D eigenvalue weighted by Crippen LogP contribution is 2.54. The lowest BCUT2D eigenvalue weighted by Gasteiger charge is -2.30. The minimum atomic E-state index is -1.40.